The van der Waals surface area contributed by atoms with Crippen molar-refractivity contribution in [2.24, 2.45) is 5.73 Å². The molecule has 14 heteroatoms. The summed E-state index contributed by atoms with van der Waals surface area (Å²) in [5, 5.41) is 13.9. The molecule has 43 heavy (non-hydrogen) atoms. The zero-order chi connectivity index (χ0) is 31.4. The maximum absolute atomic E-state index is 12.8. The highest BCUT2D eigenvalue weighted by Crippen LogP contribution is 2.31. The van der Waals surface area contributed by atoms with Crippen molar-refractivity contribution in [1.29, 1.82) is 0 Å². The molecule has 0 aliphatic carbocycles. The highest BCUT2D eigenvalue weighted by molar-refractivity contribution is 5.95. The third-order valence-corrected chi connectivity index (χ3v) is 7.47. The highest BCUT2D eigenvalue weighted by Gasteiger charge is 2.39. The number of unbranched alkanes of at least 4 members (excludes halogenated alkanes) is 3. The molecule has 6 unspecified atom stereocenters. The van der Waals surface area contributed by atoms with Gasteiger partial charge in [0, 0.05) is 31.3 Å². The summed E-state index contributed by atoms with van der Waals surface area (Å²) in [5.41, 5.74) is 4.42. The fraction of sp³-hybridized carbons (Fsp3) is 0.690. The average molecular weight is 608 g/mol. The summed E-state index contributed by atoms with van der Waals surface area (Å²) in [6.45, 7) is 4.44. The molecule has 0 bridgehead atoms. The van der Waals surface area contributed by atoms with Crippen LogP contribution in [0.5, 0.6) is 0 Å². The van der Waals surface area contributed by atoms with Gasteiger partial charge in [-0.2, -0.15) is 0 Å². The number of nitrogens with one attached hydrogen (secondary N) is 3. The van der Waals surface area contributed by atoms with Crippen molar-refractivity contribution in [3.05, 3.63) is 44.9 Å². The summed E-state index contributed by atoms with van der Waals surface area (Å²) >= 11 is 0. The molecule has 0 spiro atoms. The average Bonchev–Trinajstić information content (AvgIpc) is 3.39. The Bertz CT molecular complexity index is 1230. The summed E-state index contributed by atoms with van der Waals surface area (Å²) in [5.74, 6) is -1.54. The van der Waals surface area contributed by atoms with Crippen molar-refractivity contribution in [2.75, 3.05) is 6.61 Å². The number of nitrogens with zero attached hydrogens (tertiary/aromatic N) is 1. The Morgan fingerprint density at radius 1 is 1.16 bits per heavy atom. The minimum absolute atomic E-state index is 0.00424. The van der Waals surface area contributed by atoms with E-state index in [1.165, 1.54) is 36.1 Å². The number of ether oxygens (including phenoxy) is 3. The molecule has 3 amide bonds. The normalized spacial score (nSPS) is 26.1. The molecule has 0 aromatic carbocycles. The van der Waals surface area contributed by atoms with Crippen LogP contribution in [0.2, 0.25) is 0 Å². The minimum Gasteiger partial charge on any atom is -0.459 e. The van der Waals surface area contributed by atoms with Crippen molar-refractivity contribution in [3.63, 3.8) is 0 Å². The van der Waals surface area contributed by atoms with Crippen LogP contribution in [0.1, 0.15) is 90.7 Å². The standard InChI is InChI=1S/C23H31N5O8.C6H14O/c1-12-4-2-5-13(21(31)25-12)26-22(32)15-6-3-7-18(35-15)36-19(20(24)30)14-8-9-17(34-14)28-11-10-16(29)27-23(28)33;1-2-3-4-5-6-7/h6,10-14,17-19H,2-5,7-9H2,1H3,(H2,24,30)(H,25,31)(H,26,32)(H,27,29,33);7H,2-6H2,1H3. The zero-order valence-corrected chi connectivity index (χ0v) is 24.9. The lowest BCUT2D eigenvalue weighted by atomic mass is 10.1. The van der Waals surface area contributed by atoms with Gasteiger partial charge in [0.25, 0.3) is 11.5 Å². The van der Waals surface area contributed by atoms with Crippen LogP contribution in [0, 0.1) is 0 Å². The molecule has 6 N–H and O–H groups in total. The van der Waals surface area contributed by atoms with E-state index < -0.39 is 53.8 Å². The summed E-state index contributed by atoms with van der Waals surface area (Å²) in [7, 11) is 0. The quantitative estimate of drug-likeness (QED) is 0.226. The number of carbonyl (C=O) groups excluding carboxylic acids is 3. The number of H-pyrrole nitrogens is 1. The van der Waals surface area contributed by atoms with Gasteiger partial charge in [0.15, 0.2) is 11.9 Å². The van der Waals surface area contributed by atoms with Crippen molar-refractivity contribution < 1.29 is 33.7 Å². The molecule has 2 saturated heterocycles. The number of aliphatic hydroxyl groups excluding tert-OH is 1. The molecule has 0 saturated carbocycles. The predicted molar refractivity (Wildman–Crippen MR) is 155 cm³/mol. The number of rotatable bonds is 11. The van der Waals surface area contributed by atoms with Gasteiger partial charge in [0.05, 0.1) is 6.10 Å². The van der Waals surface area contributed by atoms with Gasteiger partial charge in [-0.25, -0.2) is 4.79 Å². The molecule has 1 aromatic rings. The molecular formula is C29H45N5O9. The fourth-order valence-corrected chi connectivity index (χ4v) is 5.15. The molecule has 6 atom stereocenters. The summed E-state index contributed by atoms with van der Waals surface area (Å²) in [4.78, 5) is 62.8. The molecule has 14 nitrogen and oxygen atoms in total. The Morgan fingerprint density at radius 2 is 1.95 bits per heavy atom. The molecule has 1 aromatic heterocycles. The number of aromatic nitrogens is 2. The Morgan fingerprint density at radius 3 is 2.65 bits per heavy atom. The molecule has 3 aliphatic heterocycles. The first-order chi connectivity index (χ1) is 20.6. The summed E-state index contributed by atoms with van der Waals surface area (Å²) in [6, 6.07) is 0.592. The van der Waals surface area contributed by atoms with E-state index in [9.17, 15) is 24.0 Å². The third-order valence-electron chi connectivity index (χ3n) is 7.47. The largest absolute Gasteiger partial charge is 0.459 e. The first-order valence-corrected chi connectivity index (χ1v) is 15.1. The van der Waals surface area contributed by atoms with E-state index in [0.717, 1.165) is 19.3 Å². The number of primary amides is 1. The Hall–Kier alpha value is -3.49. The van der Waals surface area contributed by atoms with Gasteiger partial charge in [-0.05, 0) is 57.9 Å². The van der Waals surface area contributed by atoms with E-state index in [1.54, 1.807) is 6.08 Å². The monoisotopic (exact) mass is 607 g/mol. The van der Waals surface area contributed by atoms with E-state index in [1.807, 2.05) is 6.92 Å². The SMILES string of the molecule is CC1CCCC(NC(=O)C2=CCCC(OC(C(N)=O)C3CCC(n4ccc(=O)[nH]c4=O)O3)O2)C(=O)N1.CCCCCCO. The van der Waals surface area contributed by atoms with Crippen LogP contribution in [-0.4, -0.2) is 69.6 Å². The Labute approximate surface area is 250 Å². The van der Waals surface area contributed by atoms with Gasteiger partial charge < -0.3 is 35.7 Å². The number of carbonyl (C=O) groups is 3. The number of hydrogen-bond donors (Lipinski definition) is 5. The second-order valence-electron chi connectivity index (χ2n) is 11.0. The lowest BCUT2D eigenvalue weighted by Gasteiger charge is -2.30. The number of allylic oxidation sites excluding steroid dienone is 1. The van der Waals surface area contributed by atoms with Gasteiger partial charge >= 0.3 is 5.69 Å². The van der Waals surface area contributed by atoms with Crippen LogP contribution < -0.4 is 27.6 Å². The van der Waals surface area contributed by atoms with E-state index in [2.05, 4.69) is 22.5 Å². The van der Waals surface area contributed by atoms with Gasteiger partial charge in [0.2, 0.25) is 18.1 Å². The number of aromatic amines is 1. The number of amides is 3. The van der Waals surface area contributed by atoms with Crippen LogP contribution >= 0.6 is 0 Å². The fourth-order valence-electron chi connectivity index (χ4n) is 5.15. The smallest absolute Gasteiger partial charge is 0.330 e. The van der Waals surface area contributed by atoms with Crippen molar-refractivity contribution in [1.82, 2.24) is 20.2 Å². The molecule has 4 heterocycles. The summed E-state index contributed by atoms with van der Waals surface area (Å²) < 4.78 is 18.6. The van der Waals surface area contributed by atoms with Gasteiger partial charge in [0.1, 0.15) is 12.3 Å². The molecular weight excluding hydrogens is 562 g/mol. The van der Waals surface area contributed by atoms with E-state index in [-0.39, 0.29) is 17.7 Å². The van der Waals surface area contributed by atoms with Gasteiger partial charge in [-0.3, -0.25) is 28.7 Å². The zero-order valence-electron chi connectivity index (χ0n) is 24.9. The second kappa shape index (κ2) is 17.0. The van der Waals surface area contributed by atoms with Crippen LogP contribution in [0.25, 0.3) is 0 Å². The minimum atomic E-state index is -1.19. The number of aliphatic hydroxyl groups is 1. The number of hydrogen-bond acceptors (Lipinski definition) is 9. The van der Waals surface area contributed by atoms with Gasteiger partial charge in [-0.1, -0.05) is 26.2 Å². The van der Waals surface area contributed by atoms with Crippen LogP contribution in [0.4, 0.5) is 0 Å². The lowest BCUT2D eigenvalue weighted by Crippen LogP contribution is -2.48. The summed E-state index contributed by atoms with van der Waals surface area (Å²) in [6.07, 6.45) is 7.78. The first kappa shape index (κ1) is 34.0. The van der Waals surface area contributed by atoms with Crippen LogP contribution in [0.3, 0.4) is 0 Å². The topological polar surface area (TPSA) is 204 Å². The van der Waals surface area contributed by atoms with Crippen molar-refractivity contribution in [2.45, 2.75) is 121 Å². The number of nitrogens with two attached hydrogens (primary N) is 1. The van der Waals surface area contributed by atoms with Gasteiger partial charge in [-0.15, -0.1) is 0 Å². The molecule has 240 valence electrons. The van der Waals surface area contributed by atoms with E-state index in [4.69, 9.17) is 25.1 Å². The molecule has 4 rings (SSSR count). The lowest BCUT2D eigenvalue weighted by molar-refractivity contribution is -0.194. The maximum atomic E-state index is 12.8. The van der Waals surface area contributed by atoms with Crippen molar-refractivity contribution >= 4 is 17.7 Å². The highest BCUT2D eigenvalue weighted by atomic mass is 16.7. The first-order valence-electron chi connectivity index (χ1n) is 15.1. The third kappa shape index (κ3) is 10.3. The Balaban J connectivity index is 0.000000646. The molecule has 2 fully saturated rings. The second-order valence-corrected chi connectivity index (χ2v) is 11.0. The maximum Gasteiger partial charge on any atom is 0.330 e. The molecule has 0 radical (unpaired) electrons. The van der Waals surface area contributed by atoms with Crippen LogP contribution in [0.15, 0.2) is 33.7 Å². The molecule has 3 aliphatic rings. The van der Waals surface area contributed by atoms with Crippen molar-refractivity contribution in [3.8, 4) is 0 Å². The van der Waals surface area contributed by atoms with Crippen LogP contribution in [-0.2, 0) is 28.6 Å². The van der Waals surface area contributed by atoms with E-state index in [0.29, 0.717) is 38.7 Å². The Kier molecular flexibility index (Phi) is 13.4. The van der Waals surface area contributed by atoms with E-state index >= 15 is 0 Å². The predicted octanol–water partition coefficient (Wildman–Crippen LogP) is 0.838.